The van der Waals surface area contributed by atoms with Crippen molar-refractivity contribution >= 4 is 17.7 Å². The van der Waals surface area contributed by atoms with Gasteiger partial charge in [-0.1, -0.05) is 17.3 Å². The number of benzene rings is 2. The highest BCUT2D eigenvalue weighted by molar-refractivity contribution is 5.97. The predicted molar refractivity (Wildman–Crippen MR) is 140 cm³/mol. The predicted octanol–water partition coefficient (Wildman–Crippen LogP) is 5.89. The second-order valence-electron chi connectivity index (χ2n) is 11.3. The molecule has 3 aromatic rings. The highest BCUT2D eigenvalue weighted by Gasteiger charge is 2.46. The number of carbonyl (C=O) groups is 2. The molecule has 10 heteroatoms. The molecule has 3 fully saturated rings. The summed E-state index contributed by atoms with van der Waals surface area (Å²) in [6.45, 7) is 0.661. The Bertz CT molecular complexity index is 1470. The molecule has 1 unspecified atom stereocenters. The summed E-state index contributed by atoms with van der Waals surface area (Å²) >= 11 is 0. The minimum Gasteiger partial charge on any atom is -0.478 e. The van der Waals surface area contributed by atoms with Crippen molar-refractivity contribution in [2.24, 2.45) is 0 Å². The molecular formula is C30H29F2N3O5. The summed E-state index contributed by atoms with van der Waals surface area (Å²) in [6.07, 6.45) is 5.53. The molecule has 2 amide bonds. The number of fused-ring (bicyclic) bond motifs is 3. The zero-order chi connectivity index (χ0) is 27.5. The fraction of sp³-hybridized carbons (Fsp3) is 0.433. The topological polar surface area (TPSA) is 96.1 Å². The van der Waals surface area contributed by atoms with Crippen LogP contribution in [0.5, 0.6) is 0 Å². The van der Waals surface area contributed by atoms with Crippen LogP contribution < -0.4 is 4.90 Å². The molecule has 1 N–H and O–H groups in total. The molecule has 2 bridgehead atoms. The van der Waals surface area contributed by atoms with Crippen molar-refractivity contribution in [1.29, 1.82) is 0 Å². The van der Waals surface area contributed by atoms with E-state index in [2.05, 4.69) is 5.16 Å². The number of urea groups is 1. The average Bonchev–Trinajstić information content (AvgIpc) is 3.46. The van der Waals surface area contributed by atoms with Gasteiger partial charge in [0, 0.05) is 35.8 Å². The number of rotatable bonds is 6. The number of aromatic carboxylic acids is 1. The number of carboxylic acids is 1. The zero-order valence-electron chi connectivity index (χ0n) is 21.8. The van der Waals surface area contributed by atoms with Gasteiger partial charge < -0.3 is 19.3 Å². The Morgan fingerprint density at radius 3 is 2.45 bits per heavy atom. The van der Waals surface area contributed by atoms with Crippen molar-refractivity contribution in [3.63, 3.8) is 0 Å². The summed E-state index contributed by atoms with van der Waals surface area (Å²) in [5.74, 6) is -1.57. The number of carboxylic acid groups (broad SMARTS) is 1. The van der Waals surface area contributed by atoms with Crippen LogP contribution in [0.3, 0.4) is 0 Å². The SMILES string of the molecule is O=C(O)c1ccc2c(c1)N(C(=O)N1[C@@H]3CC[C@H]1CC(OCc1c(-c4c(F)cccc4F)noc1C1CC1)C3)CC2. The van der Waals surface area contributed by atoms with Crippen LogP contribution in [-0.2, 0) is 17.8 Å². The number of anilines is 1. The van der Waals surface area contributed by atoms with Crippen molar-refractivity contribution in [3.8, 4) is 11.3 Å². The quantitative estimate of drug-likeness (QED) is 0.412. The molecule has 3 aliphatic heterocycles. The molecule has 2 aromatic carbocycles. The standard InChI is InChI=1S/C30H29F2N3O5/c31-23-2-1-3-24(32)26(23)27-22(28(40-33-27)17-5-6-17)15-39-21-13-19-8-9-20(14-21)35(19)30(38)34-11-10-16-4-7-18(29(36)37)12-25(16)34/h1-4,7,12,17,19-21H,5-6,8-11,13-15H2,(H,36,37)/t19-,20+,21?. The lowest BCUT2D eigenvalue weighted by molar-refractivity contribution is -0.0164. The molecule has 3 atom stereocenters. The summed E-state index contributed by atoms with van der Waals surface area (Å²) in [5.41, 5.74) is 2.38. The van der Waals surface area contributed by atoms with Gasteiger partial charge in [-0.2, -0.15) is 0 Å². The van der Waals surface area contributed by atoms with Crippen LogP contribution in [-0.4, -0.2) is 51.9 Å². The van der Waals surface area contributed by atoms with E-state index in [1.807, 2.05) is 4.90 Å². The van der Waals surface area contributed by atoms with Crippen LogP contribution >= 0.6 is 0 Å². The summed E-state index contributed by atoms with van der Waals surface area (Å²) < 4.78 is 41.2. The normalized spacial score (nSPS) is 23.5. The number of halogens is 2. The summed E-state index contributed by atoms with van der Waals surface area (Å²) in [6, 6.07) is 8.64. The van der Waals surface area contributed by atoms with Crippen molar-refractivity contribution < 1.29 is 32.7 Å². The molecule has 1 aliphatic carbocycles. The minimum absolute atomic E-state index is 0.0109. The fourth-order valence-electron chi connectivity index (χ4n) is 6.68. The number of piperidine rings is 1. The van der Waals surface area contributed by atoms with Gasteiger partial charge in [0.2, 0.25) is 0 Å². The van der Waals surface area contributed by atoms with Crippen LogP contribution in [0, 0.1) is 11.6 Å². The van der Waals surface area contributed by atoms with E-state index in [-0.39, 0.29) is 53.6 Å². The third kappa shape index (κ3) is 4.25. The van der Waals surface area contributed by atoms with Crippen LogP contribution in [0.15, 0.2) is 40.9 Å². The lowest BCUT2D eigenvalue weighted by Gasteiger charge is -2.40. The first kappa shape index (κ1) is 25.2. The van der Waals surface area contributed by atoms with Crippen LogP contribution in [0.2, 0.25) is 0 Å². The molecule has 1 saturated carbocycles. The van der Waals surface area contributed by atoms with Crippen molar-refractivity contribution in [3.05, 3.63) is 70.5 Å². The molecule has 4 heterocycles. The maximum atomic E-state index is 14.6. The lowest BCUT2D eigenvalue weighted by Crippen LogP contribution is -2.53. The van der Waals surface area contributed by atoms with E-state index < -0.39 is 17.6 Å². The maximum absolute atomic E-state index is 14.6. The monoisotopic (exact) mass is 549 g/mol. The molecule has 40 heavy (non-hydrogen) atoms. The second-order valence-corrected chi connectivity index (χ2v) is 11.3. The number of amides is 2. The smallest absolute Gasteiger partial charge is 0.335 e. The Morgan fingerprint density at radius 2 is 1.77 bits per heavy atom. The largest absolute Gasteiger partial charge is 0.478 e. The maximum Gasteiger partial charge on any atom is 0.335 e. The Hall–Kier alpha value is -3.79. The van der Waals surface area contributed by atoms with Gasteiger partial charge in [0.15, 0.2) is 0 Å². The highest BCUT2D eigenvalue weighted by Crippen LogP contribution is 2.45. The zero-order valence-corrected chi connectivity index (χ0v) is 21.8. The van der Waals surface area contributed by atoms with Gasteiger partial charge in [-0.25, -0.2) is 18.4 Å². The van der Waals surface area contributed by atoms with E-state index in [1.165, 1.54) is 18.2 Å². The molecule has 7 rings (SSSR count). The van der Waals surface area contributed by atoms with E-state index in [0.717, 1.165) is 31.2 Å². The van der Waals surface area contributed by atoms with E-state index in [0.29, 0.717) is 42.8 Å². The van der Waals surface area contributed by atoms with Crippen LogP contribution in [0.4, 0.5) is 19.3 Å². The van der Waals surface area contributed by atoms with Gasteiger partial charge in [0.1, 0.15) is 23.1 Å². The first-order chi connectivity index (χ1) is 19.4. The molecule has 0 spiro atoms. The molecule has 0 radical (unpaired) electrons. The Kier molecular flexibility index (Phi) is 6.10. The summed E-state index contributed by atoms with van der Waals surface area (Å²) in [7, 11) is 0. The Morgan fingerprint density at radius 1 is 1.05 bits per heavy atom. The Balaban J connectivity index is 1.07. The lowest BCUT2D eigenvalue weighted by atomic mass is 9.99. The third-order valence-corrected chi connectivity index (χ3v) is 8.80. The molecule has 2 saturated heterocycles. The summed E-state index contributed by atoms with van der Waals surface area (Å²) in [5, 5.41) is 13.5. The second kappa shape index (κ2) is 9.69. The molecule has 1 aromatic heterocycles. The number of hydrogen-bond acceptors (Lipinski definition) is 5. The van der Waals surface area contributed by atoms with Crippen LogP contribution in [0.1, 0.15) is 71.7 Å². The van der Waals surface area contributed by atoms with Gasteiger partial charge in [-0.15, -0.1) is 0 Å². The number of carbonyl (C=O) groups excluding carboxylic acids is 1. The number of ether oxygens (including phenoxy) is 1. The van der Waals surface area contributed by atoms with E-state index in [1.54, 1.807) is 23.1 Å². The fourth-order valence-corrected chi connectivity index (χ4v) is 6.68. The number of nitrogens with zero attached hydrogens (tertiary/aromatic N) is 3. The molecule has 208 valence electrons. The molecular weight excluding hydrogens is 520 g/mol. The van der Waals surface area contributed by atoms with Crippen molar-refractivity contribution in [1.82, 2.24) is 10.1 Å². The number of hydrogen-bond donors (Lipinski definition) is 1. The first-order valence-electron chi connectivity index (χ1n) is 13.9. The third-order valence-electron chi connectivity index (χ3n) is 8.80. The van der Waals surface area contributed by atoms with E-state index in [4.69, 9.17) is 9.26 Å². The van der Waals surface area contributed by atoms with E-state index in [9.17, 15) is 23.5 Å². The van der Waals surface area contributed by atoms with Crippen LogP contribution in [0.25, 0.3) is 11.3 Å². The summed E-state index contributed by atoms with van der Waals surface area (Å²) in [4.78, 5) is 28.9. The van der Waals surface area contributed by atoms with Crippen molar-refractivity contribution in [2.75, 3.05) is 11.4 Å². The van der Waals surface area contributed by atoms with Gasteiger partial charge in [-0.05, 0) is 74.8 Å². The van der Waals surface area contributed by atoms with Gasteiger partial charge >= 0.3 is 12.0 Å². The first-order valence-corrected chi connectivity index (χ1v) is 13.9. The van der Waals surface area contributed by atoms with Gasteiger partial charge in [-0.3, -0.25) is 4.90 Å². The molecule has 4 aliphatic rings. The van der Waals surface area contributed by atoms with Crippen molar-refractivity contribution in [2.45, 2.75) is 75.7 Å². The van der Waals surface area contributed by atoms with Gasteiger partial charge in [0.05, 0.1) is 23.8 Å². The minimum atomic E-state index is -1.02. The highest BCUT2D eigenvalue weighted by atomic mass is 19.1. The number of aromatic nitrogens is 1. The van der Waals surface area contributed by atoms with E-state index >= 15 is 0 Å². The van der Waals surface area contributed by atoms with Gasteiger partial charge in [0.25, 0.3) is 0 Å². The average molecular weight is 550 g/mol. The Labute approximate surface area is 229 Å². The molecule has 8 nitrogen and oxygen atoms in total.